The number of carbonyl (C=O) groups is 1. The molecule has 2 heterocycles. The quantitative estimate of drug-likeness (QED) is 0.724. The lowest BCUT2D eigenvalue weighted by atomic mass is 10.2. The Labute approximate surface area is 144 Å². The molecule has 2 N–H and O–H groups in total. The van der Waals surface area contributed by atoms with E-state index in [-0.39, 0.29) is 11.6 Å². The van der Waals surface area contributed by atoms with Gasteiger partial charge in [-0.05, 0) is 43.3 Å². The summed E-state index contributed by atoms with van der Waals surface area (Å²) in [6, 6.07) is 15.7. The standard InChI is InChI=1S/C19H18N2O4/c1-13(12-25-14-6-3-2-4-7-14)20-18(22)15-9-10-16(21-19(15)23)17-8-5-11-24-17/h2-11,13H,12H2,1H3,(H,20,22)(H,21,23)/t13-/m1/s1. The van der Waals surface area contributed by atoms with Crippen LogP contribution in [0.2, 0.25) is 0 Å². The molecule has 0 saturated carbocycles. The average molecular weight is 338 g/mol. The molecule has 0 aliphatic rings. The van der Waals surface area contributed by atoms with Gasteiger partial charge in [0.05, 0.1) is 18.0 Å². The fraction of sp³-hybridized carbons (Fsp3) is 0.158. The van der Waals surface area contributed by atoms with E-state index in [2.05, 4.69) is 10.3 Å². The van der Waals surface area contributed by atoms with Crippen LogP contribution in [0.1, 0.15) is 17.3 Å². The van der Waals surface area contributed by atoms with Gasteiger partial charge in [0.15, 0.2) is 0 Å². The molecule has 3 aromatic rings. The fourth-order valence-corrected chi connectivity index (χ4v) is 2.31. The molecule has 6 heteroatoms. The van der Waals surface area contributed by atoms with Gasteiger partial charge in [0.2, 0.25) is 0 Å². The second kappa shape index (κ2) is 7.53. The minimum absolute atomic E-state index is 0.0434. The van der Waals surface area contributed by atoms with Crippen molar-refractivity contribution < 1.29 is 13.9 Å². The minimum atomic E-state index is -0.470. The first-order chi connectivity index (χ1) is 12.1. The van der Waals surface area contributed by atoms with E-state index in [0.717, 1.165) is 5.75 Å². The predicted molar refractivity (Wildman–Crippen MR) is 93.6 cm³/mol. The van der Waals surface area contributed by atoms with Gasteiger partial charge in [-0.2, -0.15) is 0 Å². The third-order valence-electron chi connectivity index (χ3n) is 3.56. The Balaban J connectivity index is 1.62. The maximum absolute atomic E-state index is 12.3. The molecule has 3 rings (SSSR count). The van der Waals surface area contributed by atoms with E-state index in [0.29, 0.717) is 18.1 Å². The van der Waals surface area contributed by atoms with Crippen LogP contribution in [0.15, 0.2) is 70.1 Å². The molecule has 6 nitrogen and oxygen atoms in total. The highest BCUT2D eigenvalue weighted by atomic mass is 16.5. The molecule has 0 spiro atoms. The van der Waals surface area contributed by atoms with E-state index in [9.17, 15) is 9.59 Å². The number of aromatic amines is 1. The summed E-state index contributed by atoms with van der Waals surface area (Å²) in [5, 5.41) is 2.75. The second-order valence-electron chi connectivity index (χ2n) is 5.59. The zero-order chi connectivity index (χ0) is 17.6. The molecule has 0 fully saturated rings. The summed E-state index contributed by atoms with van der Waals surface area (Å²) in [6.45, 7) is 2.12. The van der Waals surface area contributed by atoms with Gasteiger partial charge in [-0.3, -0.25) is 9.59 Å². The molecule has 1 aromatic carbocycles. The highest BCUT2D eigenvalue weighted by Gasteiger charge is 2.15. The number of H-pyrrole nitrogens is 1. The van der Waals surface area contributed by atoms with E-state index < -0.39 is 11.5 Å². The Hall–Kier alpha value is -3.28. The Kier molecular flexibility index (Phi) is 4.99. The molecule has 0 saturated heterocycles. The van der Waals surface area contributed by atoms with Crippen LogP contribution in [0.4, 0.5) is 0 Å². The van der Waals surface area contributed by atoms with E-state index in [1.165, 1.54) is 12.3 Å². The number of ether oxygens (including phenoxy) is 1. The molecule has 1 atom stereocenters. The molecular formula is C19H18N2O4. The summed E-state index contributed by atoms with van der Waals surface area (Å²) >= 11 is 0. The summed E-state index contributed by atoms with van der Waals surface area (Å²) in [5.74, 6) is 0.814. The van der Waals surface area contributed by atoms with Gasteiger partial charge in [-0.25, -0.2) is 0 Å². The zero-order valence-corrected chi connectivity index (χ0v) is 13.7. The van der Waals surface area contributed by atoms with Crippen molar-refractivity contribution in [3.63, 3.8) is 0 Å². The van der Waals surface area contributed by atoms with Crippen molar-refractivity contribution in [2.24, 2.45) is 0 Å². The van der Waals surface area contributed by atoms with Crippen LogP contribution in [-0.2, 0) is 0 Å². The van der Waals surface area contributed by atoms with Crippen LogP contribution in [0.5, 0.6) is 5.75 Å². The van der Waals surface area contributed by atoms with Crippen LogP contribution >= 0.6 is 0 Å². The number of benzene rings is 1. The lowest BCUT2D eigenvalue weighted by Gasteiger charge is -2.15. The highest BCUT2D eigenvalue weighted by molar-refractivity contribution is 5.94. The SMILES string of the molecule is C[C@H](COc1ccccc1)NC(=O)c1ccc(-c2ccco2)[nH]c1=O. The number of rotatable bonds is 6. The van der Waals surface area contributed by atoms with E-state index in [1.807, 2.05) is 37.3 Å². The lowest BCUT2D eigenvalue weighted by Crippen LogP contribution is -2.39. The van der Waals surface area contributed by atoms with Crippen LogP contribution in [0.25, 0.3) is 11.5 Å². The zero-order valence-electron chi connectivity index (χ0n) is 13.7. The van der Waals surface area contributed by atoms with Gasteiger partial charge in [0.25, 0.3) is 11.5 Å². The number of hydrogen-bond acceptors (Lipinski definition) is 4. The number of aromatic nitrogens is 1. The Morgan fingerprint density at radius 3 is 2.64 bits per heavy atom. The molecule has 1 amide bonds. The molecule has 128 valence electrons. The Bertz CT molecular complexity index is 885. The summed E-state index contributed by atoms with van der Waals surface area (Å²) in [4.78, 5) is 27.1. The first-order valence-corrected chi connectivity index (χ1v) is 7.89. The molecule has 0 aliphatic carbocycles. The number of carbonyl (C=O) groups excluding carboxylic acids is 1. The molecule has 0 unspecified atom stereocenters. The molecule has 0 bridgehead atoms. The van der Waals surface area contributed by atoms with Crippen LogP contribution in [-0.4, -0.2) is 23.5 Å². The summed E-state index contributed by atoms with van der Waals surface area (Å²) < 4.78 is 10.8. The molecule has 0 aliphatic heterocycles. The largest absolute Gasteiger partial charge is 0.491 e. The first kappa shape index (κ1) is 16.6. The molecule has 25 heavy (non-hydrogen) atoms. The summed E-state index contributed by atoms with van der Waals surface area (Å²) in [7, 11) is 0. The van der Waals surface area contributed by atoms with Crippen molar-refractivity contribution >= 4 is 5.91 Å². The number of nitrogens with one attached hydrogen (secondary N) is 2. The Morgan fingerprint density at radius 1 is 1.16 bits per heavy atom. The summed E-state index contributed by atoms with van der Waals surface area (Å²) in [5.41, 5.74) is 0.0939. The van der Waals surface area contributed by atoms with Crippen molar-refractivity contribution in [3.05, 3.63) is 76.8 Å². The van der Waals surface area contributed by atoms with Crippen molar-refractivity contribution in [3.8, 4) is 17.2 Å². The van der Waals surface area contributed by atoms with Gasteiger partial charge < -0.3 is 19.5 Å². The molecule has 0 radical (unpaired) electrons. The number of hydrogen-bond donors (Lipinski definition) is 2. The van der Waals surface area contributed by atoms with Gasteiger partial charge >= 0.3 is 0 Å². The molecule has 2 aromatic heterocycles. The van der Waals surface area contributed by atoms with E-state index >= 15 is 0 Å². The summed E-state index contributed by atoms with van der Waals surface area (Å²) in [6.07, 6.45) is 1.52. The van der Waals surface area contributed by atoms with Crippen molar-refractivity contribution in [1.82, 2.24) is 10.3 Å². The van der Waals surface area contributed by atoms with Crippen molar-refractivity contribution in [2.45, 2.75) is 13.0 Å². The van der Waals surface area contributed by atoms with Gasteiger partial charge in [-0.1, -0.05) is 18.2 Å². The predicted octanol–water partition coefficient (Wildman–Crippen LogP) is 2.83. The van der Waals surface area contributed by atoms with Gasteiger partial charge in [-0.15, -0.1) is 0 Å². The average Bonchev–Trinajstić information content (AvgIpc) is 3.15. The first-order valence-electron chi connectivity index (χ1n) is 7.89. The number of furan rings is 1. The monoisotopic (exact) mass is 338 g/mol. The maximum atomic E-state index is 12.3. The van der Waals surface area contributed by atoms with Gasteiger partial charge in [0.1, 0.15) is 23.7 Å². The number of pyridine rings is 1. The molecular weight excluding hydrogens is 320 g/mol. The van der Waals surface area contributed by atoms with Crippen molar-refractivity contribution in [1.29, 1.82) is 0 Å². The normalized spacial score (nSPS) is 11.7. The second-order valence-corrected chi connectivity index (χ2v) is 5.59. The third kappa shape index (κ3) is 4.17. The van der Waals surface area contributed by atoms with Gasteiger partial charge in [0, 0.05) is 0 Å². The van der Waals surface area contributed by atoms with Crippen LogP contribution < -0.4 is 15.6 Å². The highest BCUT2D eigenvalue weighted by Crippen LogP contribution is 2.15. The van der Waals surface area contributed by atoms with Crippen LogP contribution in [0.3, 0.4) is 0 Å². The maximum Gasteiger partial charge on any atom is 0.261 e. The fourth-order valence-electron chi connectivity index (χ4n) is 2.31. The smallest absolute Gasteiger partial charge is 0.261 e. The number of amides is 1. The lowest BCUT2D eigenvalue weighted by molar-refractivity contribution is 0.0925. The minimum Gasteiger partial charge on any atom is -0.491 e. The Morgan fingerprint density at radius 2 is 1.96 bits per heavy atom. The topological polar surface area (TPSA) is 84.3 Å². The number of para-hydroxylation sites is 1. The van der Waals surface area contributed by atoms with E-state index in [1.54, 1.807) is 18.2 Å². The van der Waals surface area contributed by atoms with Crippen molar-refractivity contribution in [2.75, 3.05) is 6.61 Å². The third-order valence-corrected chi connectivity index (χ3v) is 3.56. The van der Waals surface area contributed by atoms with Crippen LogP contribution in [0, 0.1) is 0 Å². The van der Waals surface area contributed by atoms with E-state index in [4.69, 9.17) is 9.15 Å².